The highest BCUT2D eigenvalue weighted by molar-refractivity contribution is 4.92. The van der Waals surface area contributed by atoms with E-state index >= 15 is 0 Å². The molecule has 1 N–H and O–H groups in total. The van der Waals surface area contributed by atoms with Crippen molar-refractivity contribution in [2.75, 3.05) is 19.7 Å². The van der Waals surface area contributed by atoms with Gasteiger partial charge in [0, 0.05) is 32.5 Å². The summed E-state index contributed by atoms with van der Waals surface area (Å²) in [6.45, 7) is 7.08. The Kier molecular flexibility index (Phi) is 2.58. The molecule has 0 amide bonds. The first-order valence-corrected chi connectivity index (χ1v) is 5.20. The van der Waals surface area contributed by atoms with Gasteiger partial charge >= 0.3 is 0 Å². The van der Waals surface area contributed by atoms with E-state index < -0.39 is 0 Å². The molecule has 2 heterocycles. The van der Waals surface area contributed by atoms with Gasteiger partial charge in [-0.1, -0.05) is 0 Å². The maximum Gasteiger partial charge on any atom is 0.0856 e. The highest BCUT2D eigenvalue weighted by Crippen LogP contribution is 2.30. The summed E-state index contributed by atoms with van der Waals surface area (Å²) in [7, 11) is 0. The van der Waals surface area contributed by atoms with E-state index in [1.54, 1.807) is 0 Å². The molecule has 2 fully saturated rings. The molecule has 0 aliphatic carbocycles. The number of nitrogens with one attached hydrogen (secondary N) is 1. The maximum atomic E-state index is 6.04. The van der Waals surface area contributed by atoms with Crippen LogP contribution in [0.3, 0.4) is 0 Å². The number of ether oxygens (including phenoxy) is 2. The molecule has 3 atom stereocenters. The van der Waals surface area contributed by atoms with Gasteiger partial charge in [-0.05, 0) is 13.8 Å². The lowest BCUT2D eigenvalue weighted by Gasteiger charge is -2.45. The zero-order valence-electron chi connectivity index (χ0n) is 8.51. The second kappa shape index (κ2) is 3.56. The van der Waals surface area contributed by atoms with Crippen LogP contribution in [0.5, 0.6) is 0 Å². The third kappa shape index (κ3) is 2.03. The average molecular weight is 185 g/mol. The highest BCUT2D eigenvalue weighted by atomic mass is 16.5. The van der Waals surface area contributed by atoms with E-state index in [1.165, 1.54) is 0 Å². The van der Waals surface area contributed by atoms with Crippen molar-refractivity contribution in [3.05, 3.63) is 0 Å². The first-order chi connectivity index (χ1) is 6.20. The van der Waals surface area contributed by atoms with E-state index in [9.17, 15) is 0 Å². The smallest absolute Gasteiger partial charge is 0.0856 e. The molecule has 76 valence electrons. The van der Waals surface area contributed by atoms with Gasteiger partial charge in [0.1, 0.15) is 0 Å². The van der Waals surface area contributed by atoms with Gasteiger partial charge in [-0.15, -0.1) is 0 Å². The molecule has 0 radical (unpaired) electrons. The lowest BCUT2D eigenvalue weighted by Crippen LogP contribution is -2.56. The van der Waals surface area contributed by atoms with Crippen LogP contribution in [0.2, 0.25) is 0 Å². The van der Waals surface area contributed by atoms with E-state index in [2.05, 4.69) is 19.2 Å². The van der Waals surface area contributed by atoms with Gasteiger partial charge in [-0.3, -0.25) is 0 Å². The Labute approximate surface area is 79.8 Å². The number of rotatable bonds is 0. The van der Waals surface area contributed by atoms with Crippen LogP contribution < -0.4 is 5.32 Å². The molecular weight excluding hydrogens is 166 g/mol. The fourth-order valence-electron chi connectivity index (χ4n) is 2.41. The molecule has 2 rings (SSSR count). The minimum atomic E-state index is 0.0648. The fourth-order valence-corrected chi connectivity index (χ4v) is 2.41. The summed E-state index contributed by atoms with van der Waals surface area (Å²) in [5, 5.41) is 3.44. The van der Waals surface area contributed by atoms with Crippen molar-refractivity contribution >= 4 is 0 Å². The highest BCUT2D eigenvalue weighted by Gasteiger charge is 2.39. The van der Waals surface area contributed by atoms with Crippen LogP contribution in [0.15, 0.2) is 0 Å². The van der Waals surface area contributed by atoms with Crippen LogP contribution in [0.4, 0.5) is 0 Å². The van der Waals surface area contributed by atoms with Crippen LogP contribution in [-0.4, -0.2) is 37.5 Å². The van der Waals surface area contributed by atoms with Gasteiger partial charge < -0.3 is 14.8 Å². The Hall–Kier alpha value is -0.120. The van der Waals surface area contributed by atoms with E-state index in [0.717, 1.165) is 32.5 Å². The topological polar surface area (TPSA) is 30.5 Å². The molecule has 0 bridgehead atoms. The molecule has 0 aromatic carbocycles. The van der Waals surface area contributed by atoms with Crippen LogP contribution in [-0.2, 0) is 9.47 Å². The summed E-state index contributed by atoms with van der Waals surface area (Å²) in [4.78, 5) is 0. The summed E-state index contributed by atoms with van der Waals surface area (Å²) >= 11 is 0. The van der Waals surface area contributed by atoms with Crippen LogP contribution >= 0.6 is 0 Å². The summed E-state index contributed by atoms with van der Waals surface area (Å²) in [6, 6.07) is 0. The first kappa shape index (κ1) is 9.44. The normalized spacial score (nSPS) is 46.6. The summed E-state index contributed by atoms with van der Waals surface area (Å²) < 4.78 is 11.6. The Morgan fingerprint density at radius 1 is 1.31 bits per heavy atom. The summed E-state index contributed by atoms with van der Waals surface area (Å²) in [5.74, 6) is 0. The molecule has 3 heteroatoms. The molecule has 0 aromatic rings. The van der Waals surface area contributed by atoms with Crippen molar-refractivity contribution in [2.45, 2.75) is 44.5 Å². The van der Waals surface area contributed by atoms with Crippen molar-refractivity contribution in [2.24, 2.45) is 0 Å². The fraction of sp³-hybridized carbons (Fsp3) is 1.00. The van der Waals surface area contributed by atoms with Gasteiger partial charge in [0.25, 0.3) is 0 Å². The SMILES string of the molecule is C[C@@H]1C[C@]2(CCO1)CNC[C@H](C)O2. The third-order valence-corrected chi connectivity index (χ3v) is 2.95. The lowest BCUT2D eigenvalue weighted by molar-refractivity contribution is -0.169. The number of morpholine rings is 1. The Balaban J connectivity index is 2.00. The van der Waals surface area contributed by atoms with Gasteiger partial charge in [0.15, 0.2) is 0 Å². The van der Waals surface area contributed by atoms with Crippen LogP contribution in [0, 0.1) is 0 Å². The van der Waals surface area contributed by atoms with Gasteiger partial charge in [-0.2, -0.15) is 0 Å². The van der Waals surface area contributed by atoms with Crippen molar-refractivity contribution in [3.63, 3.8) is 0 Å². The van der Waals surface area contributed by atoms with Crippen molar-refractivity contribution in [1.29, 1.82) is 0 Å². The quantitative estimate of drug-likeness (QED) is 0.609. The van der Waals surface area contributed by atoms with Gasteiger partial charge in [0.2, 0.25) is 0 Å². The minimum absolute atomic E-state index is 0.0648. The largest absolute Gasteiger partial charge is 0.378 e. The molecular formula is C10H19NO2. The van der Waals surface area contributed by atoms with Crippen molar-refractivity contribution in [3.8, 4) is 0 Å². The first-order valence-electron chi connectivity index (χ1n) is 5.20. The molecule has 2 aliphatic rings. The van der Waals surface area contributed by atoms with E-state index in [-0.39, 0.29) is 5.60 Å². The molecule has 0 saturated carbocycles. The monoisotopic (exact) mass is 185 g/mol. The second-order valence-electron chi connectivity index (χ2n) is 4.38. The number of hydrogen-bond acceptors (Lipinski definition) is 3. The molecule has 13 heavy (non-hydrogen) atoms. The van der Waals surface area contributed by atoms with Crippen LogP contribution in [0.25, 0.3) is 0 Å². The standard InChI is InChI=1S/C10H19NO2/c1-8-5-10(3-4-12-8)7-11-6-9(2)13-10/h8-9,11H,3-7H2,1-2H3/t8-,9+,10-/m1/s1. The van der Waals surface area contributed by atoms with Crippen molar-refractivity contribution < 1.29 is 9.47 Å². The van der Waals surface area contributed by atoms with Gasteiger partial charge in [0.05, 0.1) is 17.8 Å². The zero-order chi connectivity index (χ0) is 9.31. The predicted octanol–water partition coefficient (Wildman–Crippen LogP) is 0.932. The molecule has 0 aromatic heterocycles. The molecule has 2 aliphatic heterocycles. The molecule has 0 unspecified atom stereocenters. The lowest BCUT2D eigenvalue weighted by atomic mass is 9.89. The average Bonchev–Trinajstić information content (AvgIpc) is 2.02. The number of hydrogen-bond donors (Lipinski definition) is 1. The van der Waals surface area contributed by atoms with E-state index in [4.69, 9.17) is 9.47 Å². The maximum absolute atomic E-state index is 6.04. The summed E-state index contributed by atoms with van der Waals surface area (Å²) in [6.07, 6.45) is 2.76. The Morgan fingerprint density at radius 3 is 2.85 bits per heavy atom. The Morgan fingerprint density at radius 2 is 2.15 bits per heavy atom. The predicted molar refractivity (Wildman–Crippen MR) is 50.8 cm³/mol. The van der Waals surface area contributed by atoms with E-state index in [0.29, 0.717) is 12.2 Å². The van der Waals surface area contributed by atoms with Crippen molar-refractivity contribution in [1.82, 2.24) is 5.32 Å². The van der Waals surface area contributed by atoms with E-state index in [1.807, 2.05) is 0 Å². The second-order valence-corrected chi connectivity index (χ2v) is 4.38. The minimum Gasteiger partial charge on any atom is -0.378 e. The van der Waals surface area contributed by atoms with Crippen LogP contribution in [0.1, 0.15) is 26.7 Å². The third-order valence-electron chi connectivity index (χ3n) is 2.95. The summed E-state index contributed by atoms with van der Waals surface area (Å²) in [5.41, 5.74) is 0.0648. The molecule has 3 nitrogen and oxygen atoms in total. The Bertz CT molecular complexity index is 164. The van der Waals surface area contributed by atoms with Gasteiger partial charge in [-0.25, -0.2) is 0 Å². The molecule has 1 spiro atoms. The molecule has 2 saturated heterocycles. The zero-order valence-corrected chi connectivity index (χ0v) is 8.51.